The first-order valence-corrected chi connectivity index (χ1v) is 31.2. The summed E-state index contributed by atoms with van der Waals surface area (Å²) in [6, 6.07) is 15.7. The van der Waals surface area contributed by atoms with Gasteiger partial charge < -0.3 is 33.4 Å². The fourth-order valence-electron chi connectivity index (χ4n) is 10.3. The third-order valence-corrected chi connectivity index (χ3v) is 23.4. The second-order valence-electron chi connectivity index (χ2n) is 21.7. The molecule has 0 amide bonds. The third kappa shape index (κ3) is 14.6. The Bertz CT molecular complexity index is 3970. The van der Waals surface area contributed by atoms with Crippen molar-refractivity contribution in [1.82, 2.24) is 15.0 Å². The van der Waals surface area contributed by atoms with Gasteiger partial charge in [0, 0.05) is 73.3 Å². The quantitative estimate of drug-likeness (QED) is 0.0889. The van der Waals surface area contributed by atoms with Crippen molar-refractivity contribution < 1.29 is 93.2 Å². The Hall–Kier alpha value is -7.10. The van der Waals surface area contributed by atoms with Crippen molar-refractivity contribution in [2.45, 2.75) is 132 Å². The van der Waals surface area contributed by atoms with Crippen LogP contribution in [0.25, 0.3) is 4.85 Å². The zero-order valence-electron chi connectivity index (χ0n) is 48.3. The molecule has 0 bridgehead atoms. The highest BCUT2D eigenvalue weighted by atomic mass is 32.2. The summed E-state index contributed by atoms with van der Waals surface area (Å²) >= 11 is 0. The minimum absolute atomic E-state index is 0.0257. The summed E-state index contributed by atoms with van der Waals surface area (Å²) in [4.78, 5) is 25.6. The summed E-state index contributed by atoms with van der Waals surface area (Å²) in [5.41, 5.74) is -0.992. The minimum atomic E-state index is -4.65. The van der Waals surface area contributed by atoms with Crippen molar-refractivity contribution in [3.63, 3.8) is 0 Å². The van der Waals surface area contributed by atoms with Gasteiger partial charge in [0.25, 0.3) is 0 Å². The minimum Gasteiger partial charge on any atom is -0.482 e. The first kappa shape index (κ1) is 68.4. The van der Waals surface area contributed by atoms with E-state index in [0.717, 1.165) is 53.6 Å². The van der Waals surface area contributed by atoms with Gasteiger partial charge in [-0.1, -0.05) is 18.2 Å². The van der Waals surface area contributed by atoms with Gasteiger partial charge in [-0.3, -0.25) is 4.79 Å². The number of hydrogen-bond donors (Lipinski definition) is 1. The molecule has 3 aromatic heterocycles. The number of pyridine rings is 3. The van der Waals surface area contributed by atoms with E-state index in [1.54, 1.807) is 19.2 Å². The lowest BCUT2D eigenvalue weighted by atomic mass is 9.91. The molecule has 17 nitrogen and oxygen atoms in total. The number of rotatable bonds is 12. The lowest BCUT2D eigenvalue weighted by Crippen LogP contribution is -2.43. The number of alkyl halides is 9. The molecule has 3 aromatic carbocycles. The fourth-order valence-corrected chi connectivity index (χ4v) is 15.8. The molecule has 29 heteroatoms. The van der Waals surface area contributed by atoms with Crippen molar-refractivity contribution >= 4 is 35.2 Å². The van der Waals surface area contributed by atoms with Crippen LogP contribution < -0.4 is 19.6 Å². The SMILES string of the molecule is COc1cc(=O)c(C2CC(C)(S(=O)(=O)c3cccc(C(F)(F)F)c3)CCO2)c[nH]1.COc1cc(C)c(C2CC(C)(S(=O)(=O)c3cccc(C(F)(F)F)c3)CCO2)cn1.[C-]#[N+]c1cc(OC)ncc1C1CC(C)(S(=O)(=O)c2cccc(C(F)(F)F)c2)CCO1. The van der Waals surface area contributed by atoms with E-state index in [0.29, 0.717) is 29.6 Å². The number of benzene rings is 3. The first-order valence-electron chi connectivity index (χ1n) is 26.8. The highest BCUT2D eigenvalue weighted by Crippen LogP contribution is 2.47. The molecule has 6 atom stereocenters. The third-order valence-electron chi connectivity index (χ3n) is 15.8. The van der Waals surface area contributed by atoms with Crippen LogP contribution in [0.15, 0.2) is 129 Å². The second-order valence-corrected chi connectivity index (χ2v) is 29.1. The molecule has 0 aliphatic carbocycles. The zero-order valence-corrected chi connectivity index (χ0v) is 50.7. The Morgan fingerprint density at radius 3 is 1.25 bits per heavy atom. The Balaban J connectivity index is 0.000000188. The number of nitrogens with one attached hydrogen (secondary N) is 1. The molecule has 9 rings (SSSR count). The van der Waals surface area contributed by atoms with Gasteiger partial charge in [-0.05, 0) is 126 Å². The van der Waals surface area contributed by atoms with E-state index >= 15 is 0 Å². The van der Waals surface area contributed by atoms with E-state index in [9.17, 15) is 69.6 Å². The van der Waals surface area contributed by atoms with Gasteiger partial charge in [-0.15, -0.1) is 0 Å². The molecule has 3 fully saturated rings. The first-order chi connectivity index (χ1) is 41.0. The number of nitrogens with zero attached hydrogens (tertiary/aromatic N) is 3. The summed E-state index contributed by atoms with van der Waals surface area (Å²) in [5.74, 6) is 0.912. The number of hydrogen-bond acceptors (Lipinski definition) is 15. The lowest BCUT2D eigenvalue weighted by molar-refractivity contribution is -0.138. The van der Waals surface area contributed by atoms with Crippen molar-refractivity contribution in [3.8, 4) is 17.6 Å². The Kier molecular flexibility index (Phi) is 20.3. The maximum Gasteiger partial charge on any atom is 0.416 e. The van der Waals surface area contributed by atoms with Crippen LogP contribution in [-0.4, -0.2) is 95.6 Å². The Labute approximate surface area is 502 Å². The number of aryl methyl sites for hydroxylation is 1. The van der Waals surface area contributed by atoms with Gasteiger partial charge in [-0.25, -0.2) is 40.1 Å². The largest absolute Gasteiger partial charge is 0.482 e. The summed E-state index contributed by atoms with van der Waals surface area (Å²) in [6.07, 6.45) is -11.2. The van der Waals surface area contributed by atoms with Crippen LogP contribution in [0.3, 0.4) is 0 Å². The number of H-pyrrole nitrogens is 1. The molecule has 0 saturated carbocycles. The van der Waals surface area contributed by atoms with E-state index in [4.69, 9.17) is 35.0 Å². The summed E-state index contributed by atoms with van der Waals surface area (Å²) in [7, 11) is -7.99. The van der Waals surface area contributed by atoms with Crippen molar-refractivity contribution in [2.75, 3.05) is 41.2 Å². The molecule has 0 spiro atoms. The average molecular weight is 1300 g/mol. The topological polar surface area (TPSA) is 221 Å². The zero-order chi connectivity index (χ0) is 65.1. The van der Waals surface area contributed by atoms with Crippen LogP contribution >= 0.6 is 0 Å². The molecule has 0 radical (unpaired) electrons. The maximum atomic E-state index is 13.3. The van der Waals surface area contributed by atoms with Gasteiger partial charge >= 0.3 is 18.5 Å². The molecule has 6 unspecified atom stereocenters. The van der Waals surface area contributed by atoms with Crippen molar-refractivity contribution in [1.29, 1.82) is 0 Å². The number of ether oxygens (including phenoxy) is 6. The summed E-state index contributed by atoms with van der Waals surface area (Å²) in [6.45, 7) is 14.0. The number of aromatic amines is 1. The molecule has 88 heavy (non-hydrogen) atoms. The molecule has 3 saturated heterocycles. The number of methoxy groups -OCH3 is 3. The van der Waals surface area contributed by atoms with Crippen LogP contribution in [0.5, 0.6) is 17.6 Å². The summed E-state index contributed by atoms with van der Waals surface area (Å²) in [5, 5.41) is 0. The Morgan fingerprint density at radius 1 is 0.545 bits per heavy atom. The standard InChI is InChI=1S/C20H19F3N2O4S.C20H22F3NO4S.C19H20F3NO5S/c1-19(30(26,27)14-6-4-5-13(9-14)20(21,22)23)7-8-29-17(11-19)15-12-25-18(28-3)10-16(15)24-2;1-13-9-18(27-3)24-12-16(13)17-11-19(2,7-8-28-17)29(25,26)15-6-4-5-14(10-15)20(21,22)23;1-18(29(25,26)13-5-3-4-12(8-13)19(20,21)22)6-7-28-16(10-18)14-11-23-17(27-2)9-15(14)24/h4-6,9-10,12,17H,7-8,11H2,1,3H3;4-6,9-10,12,17H,7-8,11H2,1-3H3;3-5,8-9,11,16H,6-7,10H2,1-2H3,(H,23,24). The van der Waals surface area contributed by atoms with Crippen LogP contribution in [0.1, 0.15) is 117 Å². The molecule has 3 aliphatic rings. The molecular weight excluding hydrogens is 1240 g/mol. The van der Waals surface area contributed by atoms with Crippen LogP contribution in [-0.2, 0) is 62.3 Å². The van der Waals surface area contributed by atoms with Gasteiger partial charge in [-0.2, -0.15) is 39.5 Å². The maximum absolute atomic E-state index is 13.3. The van der Waals surface area contributed by atoms with Crippen LogP contribution in [0, 0.1) is 13.5 Å². The highest BCUT2D eigenvalue weighted by molar-refractivity contribution is 7.93. The van der Waals surface area contributed by atoms with Gasteiger partial charge in [0.1, 0.15) is 0 Å². The molecular formula is C59H61F9N4O13S3. The van der Waals surface area contributed by atoms with Crippen LogP contribution in [0.4, 0.5) is 45.2 Å². The number of halogens is 9. The number of aromatic nitrogens is 3. The summed E-state index contributed by atoms with van der Waals surface area (Å²) < 4.78 is 225. The fraction of sp³-hybridized carbons (Fsp3) is 0.424. The highest BCUT2D eigenvalue weighted by Gasteiger charge is 2.49. The van der Waals surface area contributed by atoms with Crippen molar-refractivity contribution in [2.24, 2.45) is 0 Å². The van der Waals surface area contributed by atoms with Crippen molar-refractivity contribution in [3.05, 3.63) is 170 Å². The van der Waals surface area contributed by atoms with E-state index in [1.807, 2.05) is 6.92 Å². The molecule has 6 heterocycles. The van der Waals surface area contributed by atoms with E-state index in [-0.39, 0.29) is 91.7 Å². The molecule has 1 N–H and O–H groups in total. The molecule has 476 valence electrons. The Morgan fingerprint density at radius 2 is 0.909 bits per heavy atom. The number of sulfone groups is 3. The second kappa shape index (κ2) is 26.2. The van der Waals surface area contributed by atoms with Gasteiger partial charge in [0.2, 0.25) is 11.8 Å². The molecule has 6 aromatic rings. The monoisotopic (exact) mass is 1300 g/mol. The lowest BCUT2D eigenvalue weighted by Gasteiger charge is -2.38. The predicted molar refractivity (Wildman–Crippen MR) is 301 cm³/mol. The van der Waals surface area contributed by atoms with Gasteiger partial charge in [0.15, 0.2) is 46.5 Å². The van der Waals surface area contributed by atoms with E-state index in [1.165, 1.54) is 71.8 Å². The van der Waals surface area contributed by atoms with E-state index < -0.39 is 107 Å². The van der Waals surface area contributed by atoms with E-state index in [2.05, 4.69) is 19.8 Å². The van der Waals surface area contributed by atoms with Crippen LogP contribution in [0.2, 0.25) is 0 Å². The smallest absolute Gasteiger partial charge is 0.416 e. The van der Waals surface area contributed by atoms with Gasteiger partial charge in [0.05, 0.1) is 91.8 Å². The predicted octanol–water partition coefficient (Wildman–Crippen LogP) is 12.7. The normalized spacial score (nSPS) is 22.8. The average Bonchev–Trinajstić information content (AvgIpc) is 0.808. The molecule has 3 aliphatic heterocycles.